The fourth-order valence-corrected chi connectivity index (χ4v) is 3.59. The van der Waals surface area contributed by atoms with Crippen LogP contribution in [0.25, 0.3) is 10.4 Å². The third-order valence-corrected chi connectivity index (χ3v) is 4.89. The highest BCUT2D eigenvalue weighted by Gasteiger charge is 2.38. The maximum Gasteiger partial charge on any atom is 0.434 e. The number of alkyl halides is 3. The second-order valence-corrected chi connectivity index (χ2v) is 6.83. The fraction of sp³-hybridized carbons (Fsp3) is 0.167. The second-order valence-electron chi connectivity index (χ2n) is 5.40. The van der Waals surface area contributed by atoms with Crippen LogP contribution in [0.4, 0.5) is 24.0 Å². The standard InChI is InChI=1S/C18H14ClF3N2O2S/c1-25-12-6-7-13(14(9-12)26-2)23-17-24-16(18(20,21)22)15(27-17)10-4-3-5-11(19)8-10/h3-9H,1-2H3,(H,23,24). The number of hydrogen-bond acceptors (Lipinski definition) is 5. The van der Waals surface area contributed by atoms with Gasteiger partial charge in [0.15, 0.2) is 10.8 Å². The Morgan fingerprint density at radius 3 is 2.48 bits per heavy atom. The van der Waals surface area contributed by atoms with Crippen LogP contribution in [0.15, 0.2) is 42.5 Å². The molecular formula is C18H14ClF3N2O2S. The van der Waals surface area contributed by atoms with Crippen molar-refractivity contribution in [2.45, 2.75) is 6.18 Å². The van der Waals surface area contributed by atoms with Gasteiger partial charge in [0.05, 0.1) is 24.8 Å². The summed E-state index contributed by atoms with van der Waals surface area (Å²) in [5, 5.41) is 3.32. The van der Waals surface area contributed by atoms with Crippen LogP contribution in [0.1, 0.15) is 5.69 Å². The summed E-state index contributed by atoms with van der Waals surface area (Å²) in [6.45, 7) is 0. The van der Waals surface area contributed by atoms with Gasteiger partial charge in [-0.15, -0.1) is 0 Å². The van der Waals surface area contributed by atoms with Gasteiger partial charge in [-0.2, -0.15) is 13.2 Å². The van der Waals surface area contributed by atoms with Crippen molar-refractivity contribution in [2.24, 2.45) is 0 Å². The molecule has 27 heavy (non-hydrogen) atoms. The van der Waals surface area contributed by atoms with Gasteiger partial charge in [0.1, 0.15) is 11.5 Å². The van der Waals surface area contributed by atoms with Crippen molar-refractivity contribution in [3.8, 4) is 21.9 Å². The minimum absolute atomic E-state index is 0.0139. The normalized spacial score (nSPS) is 11.3. The highest BCUT2D eigenvalue weighted by Crippen LogP contribution is 2.43. The van der Waals surface area contributed by atoms with Crippen molar-refractivity contribution in [1.82, 2.24) is 4.98 Å². The first kappa shape index (κ1) is 19.3. The molecule has 142 valence electrons. The maximum absolute atomic E-state index is 13.5. The number of aromatic nitrogens is 1. The molecule has 9 heteroatoms. The van der Waals surface area contributed by atoms with Crippen LogP contribution < -0.4 is 14.8 Å². The summed E-state index contributed by atoms with van der Waals surface area (Å²) >= 11 is 6.81. The Balaban J connectivity index is 2.03. The van der Waals surface area contributed by atoms with E-state index in [9.17, 15) is 13.2 Å². The summed E-state index contributed by atoms with van der Waals surface area (Å²) in [5.74, 6) is 0.981. The van der Waals surface area contributed by atoms with Gasteiger partial charge < -0.3 is 14.8 Å². The zero-order valence-electron chi connectivity index (χ0n) is 14.2. The summed E-state index contributed by atoms with van der Waals surface area (Å²) in [5.41, 5.74) is -0.148. The predicted octanol–water partition coefficient (Wildman–Crippen LogP) is 6.24. The molecule has 0 fully saturated rings. The minimum Gasteiger partial charge on any atom is -0.497 e. The number of ether oxygens (including phenoxy) is 2. The molecule has 0 unspecified atom stereocenters. The highest BCUT2D eigenvalue weighted by atomic mass is 35.5. The fourth-order valence-electron chi connectivity index (χ4n) is 2.41. The topological polar surface area (TPSA) is 43.4 Å². The van der Waals surface area contributed by atoms with E-state index in [1.165, 1.54) is 20.3 Å². The monoisotopic (exact) mass is 414 g/mol. The van der Waals surface area contributed by atoms with E-state index in [0.717, 1.165) is 11.3 Å². The molecule has 0 aliphatic carbocycles. The van der Waals surface area contributed by atoms with E-state index in [-0.39, 0.29) is 10.0 Å². The van der Waals surface area contributed by atoms with Gasteiger partial charge in [-0.1, -0.05) is 35.1 Å². The van der Waals surface area contributed by atoms with Gasteiger partial charge in [-0.25, -0.2) is 4.98 Å². The molecule has 3 rings (SSSR count). The SMILES string of the molecule is COc1ccc(Nc2nc(C(F)(F)F)c(-c3cccc(Cl)c3)s2)c(OC)c1. The Bertz CT molecular complexity index is 960. The summed E-state index contributed by atoms with van der Waals surface area (Å²) in [7, 11) is 2.97. The molecule has 0 saturated heterocycles. The zero-order chi connectivity index (χ0) is 19.6. The zero-order valence-corrected chi connectivity index (χ0v) is 15.8. The molecule has 0 saturated carbocycles. The first-order valence-corrected chi connectivity index (χ1v) is 8.84. The van der Waals surface area contributed by atoms with Gasteiger partial charge in [0.2, 0.25) is 0 Å². The first-order chi connectivity index (χ1) is 12.8. The predicted molar refractivity (Wildman–Crippen MR) is 100 cm³/mol. The molecule has 1 aromatic heterocycles. The van der Waals surface area contributed by atoms with Crippen molar-refractivity contribution >= 4 is 33.8 Å². The molecule has 1 heterocycles. The lowest BCUT2D eigenvalue weighted by Crippen LogP contribution is -2.07. The number of benzene rings is 2. The molecule has 0 aliphatic rings. The van der Waals surface area contributed by atoms with Crippen LogP contribution in [-0.2, 0) is 6.18 Å². The number of nitrogens with one attached hydrogen (secondary N) is 1. The van der Waals surface area contributed by atoms with Gasteiger partial charge in [-0.05, 0) is 29.8 Å². The first-order valence-electron chi connectivity index (χ1n) is 7.65. The molecule has 0 atom stereocenters. The lowest BCUT2D eigenvalue weighted by Gasteiger charge is -2.10. The van der Waals surface area contributed by atoms with E-state index in [1.807, 2.05) is 0 Å². The summed E-state index contributed by atoms with van der Waals surface area (Å²) < 4.78 is 50.8. The minimum atomic E-state index is -4.60. The number of halogens is 4. The van der Waals surface area contributed by atoms with Gasteiger partial charge in [0, 0.05) is 11.1 Å². The Morgan fingerprint density at radius 2 is 1.85 bits per heavy atom. The number of thiazole rings is 1. The van der Waals surface area contributed by atoms with E-state index in [0.29, 0.717) is 27.8 Å². The van der Waals surface area contributed by atoms with Gasteiger partial charge in [-0.3, -0.25) is 0 Å². The van der Waals surface area contributed by atoms with E-state index in [4.69, 9.17) is 21.1 Å². The molecule has 0 amide bonds. The van der Waals surface area contributed by atoms with Crippen molar-refractivity contribution in [1.29, 1.82) is 0 Å². The Morgan fingerprint density at radius 1 is 1.07 bits per heavy atom. The summed E-state index contributed by atoms with van der Waals surface area (Å²) in [6.07, 6.45) is -4.60. The lowest BCUT2D eigenvalue weighted by molar-refractivity contribution is -0.140. The van der Waals surface area contributed by atoms with Gasteiger partial charge in [0.25, 0.3) is 0 Å². The van der Waals surface area contributed by atoms with Crippen LogP contribution in [0.2, 0.25) is 5.02 Å². The van der Waals surface area contributed by atoms with Crippen LogP contribution >= 0.6 is 22.9 Å². The number of hydrogen-bond donors (Lipinski definition) is 1. The Labute approximate surface area is 162 Å². The number of methoxy groups -OCH3 is 2. The molecule has 0 bridgehead atoms. The largest absolute Gasteiger partial charge is 0.497 e. The molecule has 1 N–H and O–H groups in total. The van der Waals surface area contributed by atoms with Crippen molar-refractivity contribution in [3.05, 3.63) is 53.2 Å². The Kier molecular flexibility index (Phi) is 5.48. The van der Waals surface area contributed by atoms with Crippen LogP contribution in [0, 0.1) is 0 Å². The quantitative estimate of drug-likeness (QED) is 0.536. The summed E-state index contributed by atoms with van der Waals surface area (Å²) in [6, 6.07) is 11.2. The smallest absolute Gasteiger partial charge is 0.434 e. The molecule has 0 radical (unpaired) electrons. The van der Waals surface area contributed by atoms with Crippen LogP contribution in [-0.4, -0.2) is 19.2 Å². The molecule has 4 nitrogen and oxygen atoms in total. The van der Waals surface area contributed by atoms with E-state index >= 15 is 0 Å². The van der Waals surface area contributed by atoms with Crippen molar-refractivity contribution < 1.29 is 22.6 Å². The molecule has 2 aromatic carbocycles. The van der Waals surface area contributed by atoms with E-state index in [1.54, 1.807) is 36.4 Å². The van der Waals surface area contributed by atoms with Crippen molar-refractivity contribution in [2.75, 3.05) is 19.5 Å². The van der Waals surface area contributed by atoms with E-state index < -0.39 is 11.9 Å². The average Bonchev–Trinajstić information content (AvgIpc) is 3.06. The second kappa shape index (κ2) is 7.66. The van der Waals surface area contributed by atoms with Crippen LogP contribution in [0.3, 0.4) is 0 Å². The number of rotatable bonds is 5. The molecule has 3 aromatic rings. The summed E-state index contributed by atoms with van der Waals surface area (Å²) in [4.78, 5) is 3.74. The van der Waals surface area contributed by atoms with Crippen LogP contribution in [0.5, 0.6) is 11.5 Å². The van der Waals surface area contributed by atoms with Crippen molar-refractivity contribution in [3.63, 3.8) is 0 Å². The molecular weight excluding hydrogens is 401 g/mol. The number of nitrogens with zero attached hydrogens (tertiary/aromatic N) is 1. The third kappa shape index (κ3) is 4.28. The maximum atomic E-state index is 13.5. The van der Waals surface area contributed by atoms with E-state index in [2.05, 4.69) is 10.3 Å². The van der Waals surface area contributed by atoms with Gasteiger partial charge >= 0.3 is 6.18 Å². The average molecular weight is 415 g/mol. The Hall–Kier alpha value is -2.45. The molecule has 0 aliphatic heterocycles. The lowest BCUT2D eigenvalue weighted by atomic mass is 10.1. The number of anilines is 2. The molecule has 0 spiro atoms. The third-order valence-electron chi connectivity index (χ3n) is 3.63. The highest BCUT2D eigenvalue weighted by molar-refractivity contribution is 7.19.